The standard InChI is InChI=1S/C18H20N6OS/c1-13-2-5-23(6-3-13)16-9-19-12-20-17(16)24-10-15(8-21-24)22-18(25)14-4-7-26-11-14/h4,7-13H,2-3,5-6H2,1H3,(H,22,25). The fourth-order valence-electron chi connectivity index (χ4n) is 3.07. The van der Waals surface area contributed by atoms with Gasteiger partial charge in [-0.15, -0.1) is 0 Å². The molecule has 8 heteroatoms. The second kappa shape index (κ2) is 7.25. The first-order valence-corrected chi connectivity index (χ1v) is 9.58. The molecule has 0 spiro atoms. The summed E-state index contributed by atoms with van der Waals surface area (Å²) in [4.78, 5) is 23.1. The molecule has 26 heavy (non-hydrogen) atoms. The van der Waals surface area contributed by atoms with Crippen molar-refractivity contribution in [3.8, 4) is 5.82 Å². The third kappa shape index (κ3) is 3.45. The second-order valence-corrected chi connectivity index (χ2v) is 7.32. The van der Waals surface area contributed by atoms with Gasteiger partial charge in [0.15, 0.2) is 5.82 Å². The van der Waals surface area contributed by atoms with Gasteiger partial charge in [-0.25, -0.2) is 14.6 Å². The molecule has 4 heterocycles. The van der Waals surface area contributed by atoms with Crippen LogP contribution in [0.2, 0.25) is 0 Å². The zero-order valence-electron chi connectivity index (χ0n) is 14.5. The number of thiophene rings is 1. The van der Waals surface area contributed by atoms with Crippen molar-refractivity contribution in [2.45, 2.75) is 19.8 Å². The lowest BCUT2D eigenvalue weighted by atomic mass is 9.99. The molecule has 1 fully saturated rings. The number of aromatic nitrogens is 4. The van der Waals surface area contributed by atoms with Crippen molar-refractivity contribution in [1.29, 1.82) is 0 Å². The van der Waals surface area contributed by atoms with Crippen LogP contribution >= 0.6 is 11.3 Å². The van der Waals surface area contributed by atoms with Crippen molar-refractivity contribution in [2.75, 3.05) is 23.3 Å². The highest BCUT2D eigenvalue weighted by atomic mass is 32.1. The minimum atomic E-state index is -0.140. The zero-order valence-corrected chi connectivity index (χ0v) is 15.3. The summed E-state index contributed by atoms with van der Waals surface area (Å²) in [6.07, 6.45) is 9.10. The summed E-state index contributed by atoms with van der Waals surface area (Å²) in [5, 5.41) is 10.9. The topological polar surface area (TPSA) is 75.9 Å². The zero-order chi connectivity index (χ0) is 17.9. The van der Waals surface area contributed by atoms with E-state index in [1.165, 1.54) is 17.7 Å². The molecule has 0 bridgehead atoms. The first kappa shape index (κ1) is 16.7. The van der Waals surface area contributed by atoms with Gasteiger partial charge in [0.1, 0.15) is 12.0 Å². The molecule has 0 saturated carbocycles. The Morgan fingerprint density at radius 1 is 1.31 bits per heavy atom. The van der Waals surface area contributed by atoms with Crippen LogP contribution < -0.4 is 10.2 Å². The van der Waals surface area contributed by atoms with E-state index in [0.29, 0.717) is 11.3 Å². The van der Waals surface area contributed by atoms with E-state index in [-0.39, 0.29) is 5.91 Å². The minimum Gasteiger partial charge on any atom is -0.367 e. The average molecular weight is 368 g/mol. The number of nitrogens with one attached hydrogen (secondary N) is 1. The molecule has 4 rings (SSSR count). The van der Waals surface area contributed by atoms with Crippen LogP contribution in [0.15, 0.2) is 41.7 Å². The van der Waals surface area contributed by atoms with Gasteiger partial charge in [-0.2, -0.15) is 16.4 Å². The fourth-order valence-corrected chi connectivity index (χ4v) is 3.70. The van der Waals surface area contributed by atoms with Gasteiger partial charge >= 0.3 is 0 Å². The highest BCUT2D eigenvalue weighted by Crippen LogP contribution is 2.26. The van der Waals surface area contributed by atoms with Gasteiger partial charge in [0.05, 0.1) is 29.8 Å². The van der Waals surface area contributed by atoms with E-state index >= 15 is 0 Å². The van der Waals surface area contributed by atoms with E-state index in [9.17, 15) is 4.79 Å². The summed E-state index contributed by atoms with van der Waals surface area (Å²) in [6.45, 7) is 4.27. The van der Waals surface area contributed by atoms with Crippen molar-refractivity contribution in [3.05, 3.63) is 47.3 Å². The molecule has 134 valence electrons. The molecule has 0 atom stereocenters. The predicted octanol–water partition coefficient (Wildman–Crippen LogP) is 3.21. The van der Waals surface area contributed by atoms with Crippen molar-refractivity contribution < 1.29 is 4.79 Å². The molecule has 0 unspecified atom stereocenters. The second-order valence-electron chi connectivity index (χ2n) is 6.54. The van der Waals surface area contributed by atoms with E-state index in [1.54, 1.807) is 23.1 Å². The van der Waals surface area contributed by atoms with E-state index in [1.807, 2.05) is 17.0 Å². The van der Waals surface area contributed by atoms with Crippen molar-refractivity contribution in [2.24, 2.45) is 5.92 Å². The molecular formula is C18H20N6OS. The molecule has 0 radical (unpaired) electrons. The van der Waals surface area contributed by atoms with Crippen LogP contribution in [-0.2, 0) is 0 Å². The molecule has 1 saturated heterocycles. The van der Waals surface area contributed by atoms with E-state index < -0.39 is 0 Å². The van der Waals surface area contributed by atoms with Crippen LogP contribution in [0.3, 0.4) is 0 Å². The molecule has 1 aliphatic heterocycles. The molecule has 0 aromatic carbocycles. The molecule has 1 aliphatic rings. The lowest BCUT2D eigenvalue weighted by molar-refractivity contribution is 0.102. The number of carbonyl (C=O) groups is 1. The van der Waals surface area contributed by atoms with E-state index in [4.69, 9.17) is 0 Å². The number of amides is 1. The molecule has 0 aliphatic carbocycles. The van der Waals surface area contributed by atoms with Crippen LogP contribution in [0.1, 0.15) is 30.1 Å². The Bertz CT molecular complexity index is 883. The number of hydrogen-bond donors (Lipinski definition) is 1. The molecule has 1 N–H and O–H groups in total. The highest BCUT2D eigenvalue weighted by molar-refractivity contribution is 7.08. The Labute approximate surface area is 155 Å². The summed E-state index contributed by atoms with van der Waals surface area (Å²) in [5.41, 5.74) is 2.25. The Hall–Kier alpha value is -2.74. The first-order chi connectivity index (χ1) is 12.7. The molecule has 7 nitrogen and oxygen atoms in total. The van der Waals surface area contributed by atoms with Crippen LogP contribution in [0.5, 0.6) is 0 Å². The summed E-state index contributed by atoms with van der Waals surface area (Å²) in [5.74, 6) is 1.34. The number of anilines is 2. The number of carbonyl (C=O) groups excluding carboxylic acids is 1. The smallest absolute Gasteiger partial charge is 0.256 e. The van der Waals surface area contributed by atoms with Crippen LogP contribution in [-0.4, -0.2) is 38.7 Å². The predicted molar refractivity (Wildman–Crippen MR) is 102 cm³/mol. The van der Waals surface area contributed by atoms with Gasteiger partial charge in [-0.3, -0.25) is 4.79 Å². The molecular weight excluding hydrogens is 348 g/mol. The van der Waals surface area contributed by atoms with Crippen molar-refractivity contribution >= 4 is 28.6 Å². The maximum Gasteiger partial charge on any atom is 0.256 e. The number of rotatable bonds is 4. The quantitative estimate of drug-likeness (QED) is 0.765. The minimum absolute atomic E-state index is 0.140. The largest absolute Gasteiger partial charge is 0.367 e. The van der Waals surface area contributed by atoms with Crippen LogP contribution in [0.25, 0.3) is 5.82 Å². The Morgan fingerprint density at radius 3 is 2.92 bits per heavy atom. The van der Waals surface area contributed by atoms with Gasteiger partial charge in [0.2, 0.25) is 0 Å². The van der Waals surface area contributed by atoms with E-state index in [0.717, 1.165) is 43.4 Å². The summed E-state index contributed by atoms with van der Waals surface area (Å²) >= 11 is 1.49. The lowest BCUT2D eigenvalue weighted by Gasteiger charge is -2.32. The van der Waals surface area contributed by atoms with Crippen LogP contribution in [0.4, 0.5) is 11.4 Å². The molecule has 1 amide bonds. The van der Waals surface area contributed by atoms with Gasteiger partial charge in [0.25, 0.3) is 5.91 Å². The van der Waals surface area contributed by atoms with Crippen LogP contribution in [0, 0.1) is 5.92 Å². The van der Waals surface area contributed by atoms with Gasteiger partial charge in [-0.1, -0.05) is 6.92 Å². The first-order valence-electron chi connectivity index (χ1n) is 8.64. The Morgan fingerprint density at radius 2 is 2.15 bits per heavy atom. The van der Waals surface area contributed by atoms with Gasteiger partial charge < -0.3 is 10.2 Å². The summed E-state index contributed by atoms with van der Waals surface area (Å²) in [6, 6.07) is 1.80. The van der Waals surface area contributed by atoms with Gasteiger partial charge in [-0.05, 0) is 30.2 Å². The summed E-state index contributed by atoms with van der Waals surface area (Å²) in [7, 11) is 0. The maximum atomic E-state index is 12.2. The molecule has 3 aromatic heterocycles. The monoisotopic (exact) mass is 368 g/mol. The molecule has 3 aromatic rings. The van der Waals surface area contributed by atoms with Gasteiger partial charge in [0, 0.05) is 18.5 Å². The third-order valence-corrected chi connectivity index (χ3v) is 5.32. The summed E-state index contributed by atoms with van der Waals surface area (Å²) < 4.78 is 1.69. The fraction of sp³-hybridized carbons (Fsp3) is 0.333. The third-order valence-electron chi connectivity index (χ3n) is 4.64. The highest BCUT2D eigenvalue weighted by Gasteiger charge is 2.20. The normalized spacial score (nSPS) is 15.2. The SMILES string of the molecule is CC1CCN(c2cncnc2-n2cc(NC(=O)c3ccsc3)cn2)CC1. The Balaban J connectivity index is 1.55. The van der Waals surface area contributed by atoms with E-state index in [2.05, 4.69) is 32.2 Å². The average Bonchev–Trinajstić information content (AvgIpc) is 3.34. The maximum absolute atomic E-state index is 12.2. The lowest BCUT2D eigenvalue weighted by Crippen LogP contribution is -2.33. The van der Waals surface area contributed by atoms with Crippen molar-refractivity contribution in [1.82, 2.24) is 19.7 Å². The number of nitrogens with zero attached hydrogens (tertiary/aromatic N) is 5. The number of hydrogen-bond acceptors (Lipinski definition) is 6. The van der Waals surface area contributed by atoms with Crippen molar-refractivity contribution in [3.63, 3.8) is 0 Å². The Kier molecular flexibility index (Phi) is 4.66. The number of piperidine rings is 1.